The monoisotopic (exact) mass is 337 g/mol. The van der Waals surface area contributed by atoms with E-state index in [4.69, 9.17) is 0 Å². The number of hydrazine groups is 1. The highest BCUT2D eigenvalue weighted by Crippen LogP contribution is 2.58. The number of nitrogens with zero attached hydrogens (tertiary/aromatic N) is 4. The molecule has 3 N–H and O–H groups in total. The van der Waals surface area contributed by atoms with Crippen molar-refractivity contribution in [3.05, 3.63) is 48.2 Å². The molecule has 1 aromatic rings. The van der Waals surface area contributed by atoms with E-state index in [1.807, 2.05) is 6.21 Å². The van der Waals surface area contributed by atoms with Crippen LogP contribution >= 0.6 is 0 Å². The Bertz CT molecular complexity index is 746. The predicted molar refractivity (Wildman–Crippen MR) is 103 cm³/mol. The predicted octanol–water partition coefficient (Wildman–Crippen LogP) is 3.87. The molecule has 0 saturated carbocycles. The molecule has 4 aliphatic rings. The Morgan fingerprint density at radius 3 is 2.76 bits per heavy atom. The van der Waals surface area contributed by atoms with E-state index < -0.39 is 0 Å². The maximum Gasteiger partial charge on any atom is 0.161 e. The van der Waals surface area contributed by atoms with Crippen LogP contribution in [0.4, 0.5) is 11.4 Å². The van der Waals surface area contributed by atoms with Crippen molar-refractivity contribution in [2.45, 2.75) is 31.8 Å². The minimum Gasteiger partial charge on any atom is -0.344 e. The number of likely N-dealkylation sites (tertiary alicyclic amines) is 1. The van der Waals surface area contributed by atoms with E-state index in [1.165, 1.54) is 43.7 Å². The first-order valence-electron chi connectivity index (χ1n) is 9.17. The third-order valence-corrected chi connectivity index (χ3v) is 5.89. The molecule has 2 fully saturated rings. The van der Waals surface area contributed by atoms with Crippen LogP contribution in [0.2, 0.25) is 0 Å². The zero-order valence-electron chi connectivity index (χ0n) is 14.9. The van der Waals surface area contributed by atoms with Crippen LogP contribution < -0.4 is 11.2 Å². The molecule has 0 aromatic heterocycles. The average Bonchev–Trinajstić information content (AvgIpc) is 3.33. The highest BCUT2D eigenvalue weighted by molar-refractivity contribution is 5.82. The zero-order valence-corrected chi connectivity index (χ0v) is 14.9. The number of rotatable bonds is 2. The average molecular weight is 337 g/mol. The molecular weight excluding hydrogens is 310 g/mol. The summed E-state index contributed by atoms with van der Waals surface area (Å²) in [6.45, 7) is 5.61. The number of allylic oxidation sites excluding steroid dienone is 2. The lowest BCUT2D eigenvalue weighted by Gasteiger charge is -2.40. The lowest BCUT2D eigenvalue weighted by molar-refractivity contribution is 0.0719. The summed E-state index contributed by atoms with van der Waals surface area (Å²) in [5, 5.41) is 4.96. The van der Waals surface area contributed by atoms with E-state index in [-0.39, 0.29) is 11.8 Å². The Morgan fingerprint density at radius 2 is 1.92 bits per heavy atom. The van der Waals surface area contributed by atoms with Crippen molar-refractivity contribution in [2.75, 3.05) is 24.6 Å². The lowest BCUT2D eigenvalue weighted by atomic mass is 9.93. The SMILES string of the molecule is CC1C=CC=C2N(N3CC=Nc4ccccc43)C21N1CCCCC1.N. The lowest BCUT2D eigenvalue weighted by Crippen LogP contribution is -2.52. The van der Waals surface area contributed by atoms with Gasteiger partial charge in [0, 0.05) is 25.2 Å². The van der Waals surface area contributed by atoms with E-state index in [0.29, 0.717) is 5.92 Å². The number of para-hydroxylation sites is 2. The summed E-state index contributed by atoms with van der Waals surface area (Å²) < 4.78 is 0. The second-order valence-corrected chi connectivity index (χ2v) is 7.19. The van der Waals surface area contributed by atoms with Crippen molar-refractivity contribution in [1.29, 1.82) is 0 Å². The quantitative estimate of drug-likeness (QED) is 0.832. The van der Waals surface area contributed by atoms with Gasteiger partial charge < -0.3 is 6.15 Å². The first kappa shape index (κ1) is 16.4. The van der Waals surface area contributed by atoms with Gasteiger partial charge in [-0.1, -0.05) is 37.6 Å². The van der Waals surface area contributed by atoms with Crippen LogP contribution in [-0.2, 0) is 0 Å². The van der Waals surface area contributed by atoms with Crippen LogP contribution in [0.15, 0.2) is 53.2 Å². The smallest absolute Gasteiger partial charge is 0.161 e. The number of benzene rings is 1. The molecule has 0 bridgehead atoms. The largest absolute Gasteiger partial charge is 0.344 e. The molecular formula is C20H27N5. The molecule has 0 spiro atoms. The number of hydrogen-bond acceptors (Lipinski definition) is 5. The van der Waals surface area contributed by atoms with E-state index in [0.717, 1.165) is 12.2 Å². The standard InChI is InChI=1S/C20H24N4.H3N/c1-16-8-7-11-19-20(16,22-13-5-2-6-14-22)24(19)23-15-12-21-17-9-3-4-10-18(17)23;/h3-4,7-12,16H,2,5-6,13-15H2,1H3;1H3. The Hall–Kier alpha value is -2.11. The van der Waals surface area contributed by atoms with Crippen molar-refractivity contribution in [3.8, 4) is 0 Å². The van der Waals surface area contributed by atoms with Crippen molar-refractivity contribution >= 4 is 17.6 Å². The summed E-state index contributed by atoms with van der Waals surface area (Å²) in [5.74, 6) is 0.502. The third kappa shape index (κ3) is 2.19. The number of piperidine rings is 1. The number of aliphatic imine (C=N–C) groups is 1. The van der Waals surface area contributed by atoms with Gasteiger partial charge in [0.2, 0.25) is 0 Å². The molecule has 1 aliphatic carbocycles. The number of hydrogen-bond donors (Lipinski definition) is 1. The van der Waals surface area contributed by atoms with Gasteiger partial charge in [0.1, 0.15) is 0 Å². The second kappa shape index (κ2) is 6.00. The topological polar surface area (TPSA) is 56.9 Å². The van der Waals surface area contributed by atoms with Gasteiger partial charge in [0.05, 0.1) is 23.6 Å². The van der Waals surface area contributed by atoms with Gasteiger partial charge >= 0.3 is 0 Å². The van der Waals surface area contributed by atoms with Gasteiger partial charge in [-0.3, -0.25) is 19.9 Å². The Morgan fingerprint density at radius 1 is 1.12 bits per heavy atom. The fraction of sp³-hybridized carbons (Fsp3) is 0.450. The molecule has 2 atom stereocenters. The van der Waals surface area contributed by atoms with E-state index in [9.17, 15) is 0 Å². The van der Waals surface area contributed by atoms with Crippen LogP contribution in [0, 0.1) is 5.92 Å². The van der Waals surface area contributed by atoms with Gasteiger partial charge in [-0.2, -0.15) is 0 Å². The molecule has 5 nitrogen and oxygen atoms in total. The van der Waals surface area contributed by atoms with Crippen LogP contribution in [0.3, 0.4) is 0 Å². The van der Waals surface area contributed by atoms with Crippen molar-refractivity contribution < 1.29 is 0 Å². The highest BCUT2D eigenvalue weighted by Gasteiger charge is 2.67. The van der Waals surface area contributed by atoms with Gasteiger partial charge in [-0.15, -0.1) is 0 Å². The fourth-order valence-electron chi connectivity index (χ4n) is 4.75. The van der Waals surface area contributed by atoms with Gasteiger partial charge in [0.25, 0.3) is 0 Å². The zero-order chi connectivity index (χ0) is 16.1. The molecule has 3 aliphatic heterocycles. The van der Waals surface area contributed by atoms with Crippen LogP contribution in [0.5, 0.6) is 0 Å². The molecule has 5 heteroatoms. The fourth-order valence-corrected chi connectivity index (χ4v) is 4.75. The maximum absolute atomic E-state index is 4.58. The summed E-state index contributed by atoms with van der Waals surface area (Å²) in [7, 11) is 0. The molecule has 2 saturated heterocycles. The molecule has 0 radical (unpaired) electrons. The van der Waals surface area contributed by atoms with E-state index in [1.54, 1.807) is 0 Å². The Balaban J connectivity index is 0.00000157. The maximum atomic E-state index is 4.58. The summed E-state index contributed by atoms with van der Waals surface area (Å²) >= 11 is 0. The number of anilines is 1. The van der Waals surface area contributed by atoms with Crippen molar-refractivity contribution in [2.24, 2.45) is 10.9 Å². The summed E-state index contributed by atoms with van der Waals surface area (Å²) in [6, 6.07) is 8.48. The molecule has 132 valence electrons. The van der Waals surface area contributed by atoms with E-state index in [2.05, 4.69) is 69.3 Å². The molecule has 1 aromatic carbocycles. The first-order chi connectivity index (χ1) is 11.8. The summed E-state index contributed by atoms with van der Waals surface area (Å²) in [6.07, 6.45) is 12.9. The summed E-state index contributed by atoms with van der Waals surface area (Å²) in [5.41, 5.74) is 3.79. The minimum atomic E-state index is 0. The molecule has 25 heavy (non-hydrogen) atoms. The van der Waals surface area contributed by atoms with Crippen molar-refractivity contribution in [1.82, 2.24) is 16.1 Å². The van der Waals surface area contributed by atoms with Crippen LogP contribution in [-0.4, -0.2) is 41.4 Å². The molecule has 2 unspecified atom stereocenters. The molecule has 3 heterocycles. The normalized spacial score (nSPS) is 30.3. The molecule has 5 rings (SSSR count). The number of fused-ring (bicyclic) bond motifs is 2. The van der Waals surface area contributed by atoms with Crippen LogP contribution in [0.1, 0.15) is 26.2 Å². The molecule has 0 amide bonds. The summed E-state index contributed by atoms with van der Waals surface area (Å²) in [4.78, 5) is 7.30. The van der Waals surface area contributed by atoms with Gasteiger partial charge in [-0.25, -0.2) is 0 Å². The Kier molecular flexibility index (Phi) is 3.93. The van der Waals surface area contributed by atoms with Crippen molar-refractivity contribution in [3.63, 3.8) is 0 Å². The van der Waals surface area contributed by atoms with Gasteiger partial charge in [-0.05, 0) is 31.1 Å². The first-order valence-corrected chi connectivity index (χ1v) is 9.17. The highest BCUT2D eigenvalue weighted by atomic mass is 15.8. The second-order valence-electron chi connectivity index (χ2n) is 7.19. The van der Waals surface area contributed by atoms with Crippen LogP contribution in [0.25, 0.3) is 0 Å². The third-order valence-electron chi connectivity index (χ3n) is 5.89. The minimum absolute atomic E-state index is 0. The van der Waals surface area contributed by atoms with Gasteiger partial charge in [0.15, 0.2) is 5.66 Å². The van der Waals surface area contributed by atoms with E-state index >= 15 is 0 Å². The Labute approximate surface area is 149 Å².